The van der Waals surface area contributed by atoms with Gasteiger partial charge < -0.3 is 20.3 Å². The van der Waals surface area contributed by atoms with Crippen molar-refractivity contribution in [1.82, 2.24) is 5.32 Å². The van der Waals surface area contributed by atoms with Gasteiger partial charge in [-0.3, -0.25) is 9.59 Å². The van der Waals surface area contributed by atoms with Crippen LogP contribution in [0.25, 0.3) is 0 Å². The van der Waals surface area contributed by atoms with Crippen molar-refractivity contribution < 1.29 is 24.5 Å². The van der Waals surface area contributed by atoms with Crippen LogP contribution >= 0.6 is 0 Å². The first kappa shape index (κ1) is 70.3. The molecule has 0 heterocycles. The summed E-state index contributed by atoms with van der Waals surface area (Å²) in [5, 5.41) is 23.2. The van der Waals surface area contributed by atoms with E-state index in [0.717, 1.165) is 44.9 Å². The minimum Gasteiger partial charge on any atom is -0.466 e. The summed E-state index contributed by atoms with van der Waals surface area (Å²) in [5.41, 5.74) is 0. The van der Waals surface area contributed by atoms with Gasteiger partial charge in [-0.15, -0.1) is 0 Å². The van der Waals surface area contributed by atoms with Crippen molar-refractivity contribution in [2.75, 3.05) is 13.2 Å². The van der Waals surface area contributed by atoms with Crippen molar-refractivity contribution >= 4 is 11.9 Å². The number of hydrogen-bond acceptors (Lipinski definition) is 5. The lowest BCUT2D eigenvalue weighted by Gasteiger charge is -2.20. The topological polar surface area (TPSA) is 95.9 Å². The molecule has 2 atom stereocenters. The van der Waals surface area contributed by atoms with E-state index < -0.39 is 12.1 Å². The molecule has 0 aromatic rings. The summed E-state index contributed by atoms with van der Waals surface area (Å²) in [4.78, 5) is 24.6. The highest BCUT2D eigenvalue weighted by Crippen LogP contribution is 2.18. The fourth-order valence-electron chi connectivity index (χ4n) is 10.2. The highest BCUT2D eigenvalue weighted by atomic mass is 16.5. The minimum absolute atomic E-state index is 0.000301. The molecule has 0 bridgehead atoms. The third-order valence-corrected chi connectivity index (χ3v) is 15.2. The van der Waals surface area contributed by atoms with Gasteiger partial charge in [0.1, 0.15) is 0 Å². The van der Waals surface area contributed by atoms with Crippen molar-refractivity contribution in [3.05, 3.63) is 24.3 Å². The van der Waals surface area contributed by atoms with E-state index in [0.29, 0.717) is 19.4 Å². The van der Waals surface area contributed by atoms with Gasteiger partial charge in [0.05, 0.1) is 25.4 Å². The minimum atomic E-state index is -0.850. The average Bonchev–Trinajstić information content (AvgIpc) is 3.38. The number of rotatable bonds is 61. The molecule has 0 fully saturated rings. The number of unbranched alkanes of at least 4 members (excludes halogenated alkanes) is 48. The maximum absolute atomic E-state index is 12.5. The van der Waals surface area contributed by atoms with Crippen molar-refractivity contribution in [3.8, 4) is 0 Å². The van der Waals surface area contributed by atoms with Gasteiger partial charge >= 0.3 is 5.97 Å². The van der Waals surface area contributed by atoms with E-state index in [1.54, 1.807) is 6.08 Å². The zero-order chi connectivity index (χ0) is 52.2. The Balaban J connectivity index is 3.44. The number of amides is 1. The molecule has 0 aliphatic heterocycles. The SMILES string of the molecule is CCCCCCCC/C=C\CCCCCCCCCC(=O)OCCCCCCCCCCCCCCCCCCC(=O)NC(CO)C(O)/C=C/CCCCCCCCCCCCCCCCCCCCCC. The van der Waals surface area contributed by atoms with Crippen LogP contribution in [0.15, 0.2) is 24.3 Å². The second kappa shape index (κ2) is 61.9. The normalized spacial score (nSPS) is 12.7. The molecule has 3 N–H and O–H groups in total. The summed E-state index contributed by atoms with van der Waals surface area (Å²) < 4.78 is 5.49. The lowest BCUT2D eigenvalue weighted by Crippen LogP contribution is -2.45. The lowest BCUT2D eigenvalue weighted by molar-refractivity contribution is -0.143. The number of nitrogens with one attached hydrogen (secondary N) is 1. The van der Waals surface area contributed by atoms with Crippen LogP contribution in [0, 0.1) is 0 Å². The van der Waals surface area contributed by atoms with E-state index in [1.165, 1.54) is 289 Å². The Bertz CT molecular complexity index is 1120. The number of esters is 1. The monoisotopic (exact) mass is 1010 g/mol. The Labute approximate surface area is 450 Å². The Morgan fingerprint density at radius 3 is 0.986 bits per heavy atom. The van der Waals surface area contributed by atoms with Crippen LogP contribution in [-0.2, 0) is 14.3 Å². The summed E-state index contributed by atoms with van der Waals surface area (Å²) in [5.74, 6) is -0.0715. The van der Waals surface area contributed by atoms with Crippen LogP contribution in [0.5, 0.6) is 0 Å². The zero-order valence-corrected chi connectivity index (χ0v) is 48.7. The molecule has 6 nitrogen and oxygen atoms in total. The highest BCUT2D eigenvalue weighted by Gasteiger charge is 2.18. The first-order valence-electron chi connectivity index (χ1n) is 32.6. The Morgan fingerprint density at radius 2 is 0.653 bits per heavy atom. The Morgan fingerprint density at radius 1 is 0.375 bits per heavy atom. The largest absolute Gasteiger partial charge is 0.466 e. The van der Waals surface area contributed by atoms with Crippen LogP contribution in [0.1, 0.15) is 361 Å². The molecular weight excluding hydrogens is 887 g/mol. The molecule has 2 unspecified atom stereocenters. The number of aliphatic hydroxyl groups excluding tert-OH is 2. The number of allylic oxidation sites excluding steroid dienone is 3. The van der Waals surface area contributed by atoms with E-state index >= 15 is 0 Å². The summed E-state index contributed by atoms with van der Waals surface area (Å²) in [7, 11) is 0. The number of hydrogen-bond donors (Lipinski definition) is 3. The fourth-order valence-corrected chi connectivity index (χ4v) is 10.2. The quantitative estimate of drug-likeness (QED) is 0.0320. The highest BCUT2D eigenvalue weighted by molar-refractivity contribution is 5.76. The van der Waals surface area contributed by atoms with E-state index in [9.17, 15) is 19.8 Å². The van der Waals surface area contributed by atoms with Crippen molar-refractivity contribution in [3.63, 3.8) is 0 Å². The molecule has 0 radical (unpaired) electrons. The molecule has 0 spiro atoms. The molecule has 426 valence electrons. The molecular formula is C66H127NO5. The van der Waals surface area contributed by atoms with Crippen LogP contribution in [0.4, 0.5) is 0 Å². The first-order valence-corrected chi connectivity index (χ1v) is 32.6. The maximum atomic E-state index is 12.5. The summed E-state index contributed by atoms with van der Waals surface area (Å²) in [6, 6.07) is -0.634. The molecule has 0 aliphatic rings. The van der Waals surface area contributed by atoms with E-state index in [4.69, 9.17) is 4.74 Å². The molecule has 0 saturated heterocycles. The summed E-state index contributed by atoms with van der Waals surface area (Å²) >= 11 is 0. The van der Waals surface area contributed by atoms with Gasteiger partial charge in [-0.05, 0) is 57.8 Å². The molecule has 0 aliphatic carbocycles. The predicted octanol–water partition coefficient (Wildman–Crippen LogP) is 20.6. The number of carbonyl (C=O) groups excluding carboxylic acids is 2. The smallest absolute Gasteiger partial charge is 0.305 e. The van der Waals surface area contributed by atoms with Gasteiger partial charge in [0, 0.05) is 12.8 Å². The second-order valence-electron chi connectivity index (χ2n) is 22.5. The summed E-state index contributed by atoms with van der Waals surface area (Å²) in [6.45, 7) is 4.91. The third kappa shape index (κ3) is 57.6. The Hall–Kier alpha value is -1.66. The van der Waals surface area contributed by atoms with Crippen LogP contribution in [0.3, 0.4) is 0 Å². The number of ether oxygens (including phenoxy) is 1. The van der Waals surface area contributed by atoms with Gasteiger partial charge in [0.15, 0.2) is 0 Å². The van der Waals surface area contributed by atoms with Gasteiger partial charge in [-0.1, -0.05) is 314 Å². The van der Waals surface area contributed by atoms with Gasteiger partial charge in [0.2, 0.25) is 5.91 Å². The molecule has 72 heavy (non-hydrogen) atoms. The van der Waals surface area contributed by atoms with Gasteiger partial charge in [-0.2, -0.15) is 0 Å². The van der Waals surface area contributed by atoms with Gasteiger partial charge in [0.25, 0.3) is 0 Å². The fraction of sp³-hybridized carbons (Fsp3) is 0.909. The molecule has 0 rings (SSSR count). The Kier molecular flexibility index (Phi) is 60.5. The molecule has 0 saturated carbocycles. The van der Waals surface area contributed by atoms with E-state index in [-0.39, 0.29) is 18.5 Å². The second-order valence-corrected chi connectivity index (χ2v) is 22.5. The number of aliphatic hydroxyl groups is 2. The third-order valence-electron chi connectivity index (χ3n) is 15.2. The van der Waals surface area contributed by atoms with Crippen LogP contribution in [0.2, 0.25) is 0 Å². The standard InChI is InChI=1S/C66H127NO5/c1-3-5-7-9-11-13-15-17-19-21-22-23-24-25-27-30-34-38-42-46-50-54-58-64(69)63(62-68)67-65(70)59-55-51-47-43-39-35-31-28-29-33-37-41-45-49-53-57-61-72-66(71)60-56-52-48-44-40-36-32-26-20-18-16-14-12-10-8-6-4-2/h18,20,54,58,63-64,68-69H,3-17,19,21-53,55-57,59-62H2,1-2H3,(H,67,70)/b20-18-,58-54+. The van der Waals surface area contributed by atoms with E-state index in [2.05, 4.69) is 31.3 Å². The van der Waals surface area contributed by atoms with Crippen molar-refractivity contribution in [2.24, 2.45) is 0 Å². The van der Waals surface area contributed by atoms with Crippen molar-refractivity contribution in [1.29, 1.82) is 0 Å². The van der Waals surface area contributed by atoms with Crippen LogP contribution < -0.4 is 5.32 Å². The zero-order valence-electron chi connectivity index (χ0n) is 48.7. The van der Waals surface area contributed by atoms with Gasteiger partial charge in [-0.25, -0.2) is 0 Å². The average molecular weight is 1010 g/mol. The molecule has 0 aromatic heterocycles. The molecule has 1 amide bonds. The predicted molar refractivity (Wildman–Crippen MR) is 315 cm³/mol. The summed E-state index contributed by atoms with van der Waals surface area (Å²) in [6.07, 6.45) is 76.5. The molecule has 0 aromatic carbocycles. The molecule has 6 heteroatoms. The maximum Gasteiger partial charge on any atom is 0.305 e. The van der Waals surface area contributed by atoms with E-state index in [1.807, 2.05) is 6.08 Å². The number of carbonyl (C=O) groups is 2. The lowest BCUT2D eigenvalue weighted by atomic mass is 10.0. The first-order chi connectivity index (χ1) is 35.5. The van der Waals surface area contributed by atoms with Crippen molar-refractivity contribution in [2.45, 2.75) is 373 Å². The van der Waals surface area contributed by atoms with Crippen LogP contribution in [-0.4, -0.2) is 47.4 Å².